The van der Waals surface area contributed by atoms with E-state index >= 15 is 0 Å². The van der Waals surface area contributed by atoms with E-state index in [9.17, 15) is 0 Å². The summed E-state index contributed by atoms with van der Waals surface area (Å²) in [4.78, 5) is 0. The topological polar surface area (TPSA) is 21.3 Å². The number of hydrogen-bond donors (Lipinski definition) is 1. The molecule has 1 saturated carbocycles. The molecule has 0 aromatic rings. The van der Waals surface area contributed by atoms with Gasteiger partial charge >= 0.3 is 0 Å². The van der Waals surface area contributed by atoms with E-state index in [4.69, 9.17) is 4.74 Å². The van der Waals surface area contributed by atoms with Gasteiger partial charge in [-0.05, 0) is 46.6 Å². The largest absolute Gasteiger partial charge is 0.379 e. The summed E-state index contributed by atoms with van der Waals surface area (Å²) in [5.74, 6) is 0. The molecule has 0 radical (unpaired) electrons. The molecule has 0 aromatic heterocycles. The number of nitrogens with one attached hydrogen (secondary N) is 1. The normalized spacial score (nSPS) is 36.8. The third-order valence-corrected chi connectivity index (χ3v) is 3.04. The van der Waals surface area contributed by atoms with Crippen molar-refractivity contribution in [2.45, 2.75) is 51.2 Å². The number of hydrogen-bond acceptors (Lipinski definition) is 2. The summed E-state index contributed by atoms with van der Waals surface area (Å²) in [6, 6.07) is 0. The predicted molar refractivity (Wildman–Crippen MR) is 51.3 cm³/mol. The van der Waals surface area contributed by atoms with E-state index in [-0.39, 0.29) is 0 Å². The molecule has 0 bridgehead atoms. The third-order valence-electron chi connectivity index (χ3n) is 3.04. The first-order valence-electron chi connectivity index (χ1n) is 5.01. The van der Waals surface area contributed by atoms with Crippen LogP contribution in [-0.2, 0) is 4.74 Å². The summed E-state index contributed by atoms with van der Waals surface area (Å²) in [6.45, 7) is 5.24. The van der Waals surface area contributed by atoms with Crippen LogP contribution in [0.5, 0.6) is 0 Å². The molecule has 2 heteroatoms. The lowest BCUT2D eigenvalue weighted by atomic mass is 9.82. The van der Waals surface area contributed by atoms with Crippen LogP contribution in [0, 0.1) is 0 Å². The summed E-state index contributed by atoms with van der Waals surface area (Å²) in [7, 11) is 2.06. The fourth-order valence-electron chi connectivity index (χ4n) is 1.88. The van der Waals surface area contributed by atoms with Crippen LogP contribution < -0.4 is 5.32 Å². The van der Waals surface area contributed by atoms with E-state index in [0.29, 0.717) is 11.6 Å². The molecule has 1 N–H and O–H groups in total. The van der Waals surface area contributed by atoms with Crippen molar-refractivity contribution in [3.05, 3.63) is 0 Å². The second-order valence-corrected chi connectivity index (χ2v) is 3.97. The van der Waals surface area contributed by atoms with Gasteiger partial charge in [-0.3, -0.25) is 0 Å². The number of rotatable bonds is 3. The van der Waals surface area contributed by atoms with Gasteiger partial charge in [-0.25, -0.2) is 0 Å². The Morgan fingerprint density at radius 3 is 2.42 bits per heavy atom. The maximum absolute atomic E-state index is 5.59. The van der Waals surface area contributed by atoms with Crippen molar-refractivity contribution in [3.63, 3.8) is 0 Å². The van der Waals surface area contributed by atoms with Crippen LogP contribution in [0.15, 0.2) is 0 Å². The Bertz CT molecular complexity index is 128. The zero-order valence-electron chi connectivity index (χ0n) is 8.52. The minimum Gasteiger partial charge on any atom is -0.379 e. The molecule has 0 spiro atoms. The molecule has 0 aromatic carbocycles. The molecule has 1 rings (SSSR count). The van der Waals surface area contributed by atoms with Crippen molar-refractivity contribution in [2.75, 3.05) is 13.7 Å². The predicted octanol–water partition coefficient (Wildman–Crippen LogP) is 1.94. The van der Waals surface area contributed by atoms with Gasteiger partial charge in [-0.2, -0.15) is 0 Å². The van der Waals surface area contributed by atoms with Gasteiger partial charge in [0, 0.05) is 12.1 Å². The van der Waals surface area contributed by atoms with Gasteiger partial charge in [0.05, 0.1) is 6.10 Å². The highest BCUT2D eigenvalue weighted by atomic mass is 16.5. The fourth-order valence-corrected chi connectivity index (χ4v) is 1.88. The van der Waals surface area contributed by atoms with Crippen LogP contribution in [0.3, 0.4) is 0 Å². The van der Waals surface area contributed by atoms with E-state index in [1.54, 1.807) is 0 Å². The Labute approximate surface area is 75.7 Å². The zero-order chi connectivity index (χ0) is 9.03. The molecule has 0 unspecified atom stereocenters. The van der Waals surface area contributed by atoms with Gasteiger partial charge in [0.25, 0.3) is 0 Å². The lowest BCUT2D eigenvalue weighted by molar-refractivity contribution is 0.0185. The van der Waals surface area contributed by atoms with Gasteiger partial charge in [0.15, 0.2) is 0 Å². The minimum absolute atomic E-state index is 0.369. The molecular formula is C10H21NO. The molecule has 0 heterocycles. The average molecular weight is 171 g/mol. The van der Waals surface area contributed by atoms with Gasteiger partial charge in [-0.15, -0.1) is 0 Å². The molecule has 12 heavy (non-hydrogen) atoms. The monoisotopic (exact) mass is 171 g/mol. The first kappa shape index (κ1) is 10.0. The quantitative estimate of drug-likeness (QED) is 0.700. The van der Waals surface area contributed by atoms with Crippen molar-refractivity contribution in [1.29, 1.82) is 0 Å². The van der Waals surface area contributed by atoms with Gasteiger partial charge < -0.3 is 10.1 Å². The Morgan fingerprint density at radius 1 is 1.42 bits per heavy atom. The van der Waals surface area contributed by atoms with Gasteiger partial charge in [-0.1, -0.05) is 0 Å². The Morgan fingerprint density at radius 2 is 2.00 bits per heavy atom. The van der Waals surface area contributed by atoms with Gasteiger partial charge in [0.1, 0.15) is 0 Å². The molecule has 1 aliphatic carbocycles. The maximum atomic E-state index is 5.59. The Balaban J connectivity index is 2.29. The van der Waals surface area contributed by atoms with E-state index in [2.05, 4.69) is 26.2 Å². The van der Waals surface area contributed by atoms with Crippen LogP contribution in [0.2, 0.25) is 0 Å². The summed E-state index contributed by atoms with van der Waals surface area (Å²) >= 11 is 0. The van der Waals surface area contributed by atoms with Crippen molar-refractivity contribution < 1.29 is 4.74 Å². The van der Waals surface area contributed by atoms with Crippen LogP contribution in [0.25, 0.3) is 0 Å². The van der Waals surface area contributed by atoms with Crippen molar-refractivity contribution in [1.82, 2.24) is 5.32 Å². The van der Waals surface area contributed by atoms with E-state index < -0.39 is 0 Å². The summed E-state index contributed by atoms with van der Waals surface area (Å²) < 4.78 is 5.59. The first-order valence-corrected chi connectivity index (χ1v) is 5.01. The molecule has 1 aliphatic rings. The summed E-state index contributed by atoms with van der Waals surface area (Å²) in [5.41, 5.74) is 0.369. The lowest BCUT2D eigenvalue weighted by Gasteiger charge is -2.36. The molecular weight excluding hydrogens is 150 g/mol. The molecule has 0 atom stereocenters. The lowest BCUT2D eigenvalue weighted by Crippen LogP contribution is -2.44. The molecule has 72 valence electrons. The molecule has 0 saturated heterocycles. The Hall–Kier alpha value is -0.0800. The minimum atomic E-state index is 0.369. The first-order chi connectivity index (χ1) is 5.70. The van der Waals surface area contributed by atoms with Crippen LogP contribution in [0.4, 0.5) is 0 Å². The second-order valence-electron chi connectivity index (χ2n) is 3.97. The van der Waals surface area contributed by atoms with Crippen molar-refractivity contribution in [2.24, 2.45) is 0 Å². The highest BCUT2D eigenvalue weighted by molar-refractivity contribution is 4.88. The van der Waals surface area contributed by atoms with Crippen LogP contribution in [0.1, 0.15) is 39.5 Å². The molecule has 2 nitrogen and oxygen atoms in total. The Kier molecular flexibility index (Phi) is 3.53. The third kappa shape index (κ3) is 2.46. The van der Waals surface area contributed by atoms with E-state index in [1.807, 2.05) is 0 Å². The second kappa shape index (κ2) is 4.24. The number of ether oxygens (including phenoxy) is 1. The highest BCUT2D eigenvalue weighted by Gasteiger charge is 2.29. The SMILES string of the molecule is CCO[C@H]1CC[C@@](C)(NC)CC1. The summed E-state index contributed by atoms with van der Waals surface area (Å²) in [6.07, 6.45) is 5.44. The van der Waals surface area contributed by atoms with Gasteiger partial charge in [0.2, 0.25) is 0 Å². The molecule has 0 amide bonds. The maximum Gasteiger partial charge on any atom is 0.0576 e. The molecule has 0 aliphatic heterocycles. The highest BCUT2D eigenvalue weighted by Crippen LogP contribution is 2.28. The van der Waals surface area contributed by atoms with Crippen LogP contribution in [-0.4, -0.2) is 25.3 Å². The van der Waals surface area contributed by atoms with Crippen LogP contribution >= 0.6 is 0 Å². The van der Waals surface area contributed by atoms with Crippen molar-refractivity contribution >= 4 is 0 Å². The standard InChI is InChI=1S/C10H21NO/c1-4-12-9-5-7-10(2,11-3)8-6-9/h9,11H,4-8H2,1-3H3/t9-,10+. The zero-order valence-corrected chi connectivity index (χ0v) is 8.52. The fraction of sp³-hybridized carbons (Fsp3) is 1.00. The van der Waals surface area contributed by atoms with Crippen molar-refractivity contribution in [3.8, 4) is 0 Å². The molecule has 1 fully saturated rings. The van der Waals surface area contributed by atoms with E-state index in [1.165, 1.54) is 25.7 Å². The smallest absolute Gasteiger partial charge is 0.0576 e. The summed E-state index contributed by atoms with van der Waals surface area (Å²) in [5, 5.41) is 3.39. The van der Waals surface area contributed by atoms with E-state index in [0.717, 1.165) is 6.61 Å². The average Bonchev–Trinajstić information content (AvgIpc) is 2.10.